The molecule has 2 rings (SSSR count). The van der Waals surface area contributed by atoms with Gasteiger partial charge in [0, 0.05) is 6.54 Å². The van der Waals surface area contributed by atoms with Gasteiger partial charge in [0.05, 0.1) is 11.8 Å². The van der Waals surface area contributed by atoms with E-state index in [0.29, 0.717) is 13.0 Å². The summed E-state index contributed by atoms with van der Waals surface area (Å²) in [5.41, 5.74) is 0. The number of imide groups is 1. The lowest BCUT2D eigenvalue weighted by molar-refractivity contribution is -0.144. The van der Waals surface area contributed by atoms with Gasteiger partial charge in [0.1, 0.15) is 6.04 Å². The van der Waals surface area contributed by atoms with Crippen LogP contribution in [0.3, 0.4) is 0 Å². The maximum absolute atomic E-state index is 11.6. The summed E-state index contributed by atoms with van der Waals surface area (Å²) in [4.78, 5) is 35.4. The number of hydrogen-bond donors (Lipinski definition) is 2. The molecule has 1 heterocycles. The van der Waals surface area contributed by atoms with Gasteiger partial charge in [-0.25, -0.2) is 0 Å². The Bertz CT molecular complexity index is 348. The predicted molar refractivity (Wildman–Crippen MR) is 58.0 cm³/mol. The Morgan fingerprint density at radius 1 is 1.47 bits per heavy atom. The van der Waals surface area contributed by atoms with Crippen molar-refractivity contribution in [3.63, 3.8) is 0 Å². The Hall–Kier alpha value is -1.43. The van der Waals surface area contributed by atoms with E-state index in [1.54, 1.807) is 0 Å². The Balaban J connectivity index is 1.87. The molecule has 2 amide bonds. The van der Waals surface area contributed by atoms with Gasteiger partial charge in [-0.15, -0.1) is 0 Å². The minimum absolute atomic E-state index is 0.107. The molecular formula is C11H16N2O4. The molecule has 2 fully saturated rings. The number of likely N-dealkylation sites (N-methyl/N-ethyl adjacent to an activating group) is 1. The van der Waals surface area contributed by atoms with Crippen molar-refractivity contribution in [2.24, 2.45) is 11.8 Å². The Kier molecular flexibility index (Phi) is 3.15. The van der Waals surface area contributed by atoms with Gasteiger partial charge in [-0.2, -0.15) is 0 Å². The number of nitrogens with one attached hydrogen (secondary N) is 1. The second-order valence-corrected chi connectivity index (χ2v) is 4.51. The van der Waals surface area contributed by atoms with Crippen molar-refractivity contribution >= 4 is 17.8 Å². The van der Waals surface area contributed by atoms with Crippen LogP contribution in [0.2, 0.25) is 0 Å². The monoisotopic (exact) mass is 240 g/mol. The Labute approximate surface area is 99.0 Å². The summed E-state index contributed by atoms with van der Waals surface area (Å²) in [5, 5.41) is 11.7. The molecule has 0 aromatic heterocycles. The predicted octanol–water partition coefficient (Wildman–Crippen LogP) is -0.556. The fourth-order valence-electron chi connectivity index (χ4n) is 2.29. The zero-order valence-electron chi connectivity index (χ0n) is 9.68. The molecule has 1 aliphatic heterocycles. The van der Waals surface area contributed by atoms with Crippen LogP contribution in [-0.4, -0.2) is 46.9 Å². The van der Waals surface area contributed by atoms with Gasteiger partial charge < -0.3 is 10.4 Å². The van der Waals surface area contributed by atoms with Crippen LogP contribution in [0.5, 0.6) is 0 Å². The van der Waals surface area contributed by atoms with Crippen LogP contribution in [0.4, 0.5) is 0 Å². The molecule has 2 aliphatic rings. The zero-order valence-corrected chi connectivity index (χ0v) is 9.68. The molecular weight excluding hydrogens is 224 g/mol. The third kappa shape index (κ3) is 2.17. The number of piperidine rings is 1. The minimum atomic E-state index is -0.948. The maximum atomic E-state index is 11.6. The smallest absolute Gasteiger partial charge is 0.320 e. The Morgan fingerprint density at radius 2 is 2.06 bits per heavy atom. The van der Waals surface area contributed by atoms with E-state index in [1.165, 1.54) is 4.90 Å². The van der Waals surface area contributed by atoms with Crippen molar-refractivity contribution < 1.29 is 19.5 Å². The van der Waals surface area contributed by atoms with E-state index >= 15 is 0 Å². The summed E-state index contributed by atoms with van der Waals surface area (Å²) < 4.78 is 0. The molecule has 1 saturated carbocycles. The average molecular weight is 240 g/mol. The second-order valence-electron chi connectivity index (χ2n) is 4.51. The normalized spacial score (nSPS) is 28.2. The van der Waals surface area contributed by atoms with Gasteiger partial charge in [0.25, 0.3) is 0 Å². The average Bonchev–Trinajstić information content (AvgIpc) is 3.02. The quantitative estimate of drug-likeness (QED) is 0.608. The van der Waals surface area contributed by atoms with E-state index in [2.05, 4.69) is 5.32 Å². The SMILES string of the molecule is CCNC(CCN1C(=O)C2CC2C1=O)C(=O)O. The van der Waals surface area contributed by atoms with E-state index in [0.717, 1.165) is 0 Å². The van der Waals surface area contributed by atoms with E-state index in [-0.39, 0.29) is 36.6 Å². The lowest BCUT2D eigenvalue weighted by Gasteiger charge is -2.19. The van der Waals surface area contributed by atoms with Gasteiger partial charge in [0.15, 0.2) is 0 Å². The molecule has 0 spiro atoms. The van der Waals surface area contributed by atoms with Crippen LogP contribution in [0.1, 0.15) is 19.8 Å². The highest BCUT2D eigenvalue weighted by Gasteiger charge is 2.58. The van der Waals surface area contributed by atoms with E-state index in [1.807, 2.05) is 6.92 Å². The number of carbonyl (C=O) groups excluding carboxylic acids is 2. The minimum Gasteiger partial charge on any atom is -0.480 e. The van der Waals surface area contributed by atoms with Crippen molar-refractivity contribution in [2.75, 3.05) is 13.1 Å². The number of fused-ring (bicyclic) bond motifs is 1. The van der Waals surface area contributed by atoms with Gasteiger partial charge >= 0.3 is 5.97 Å². The lowest BCUT2D eigenvalue weighted by atomic mass is 10.2. The molecule has 3 atom stereocenters. The summed E-state index contributed by atoms with van der Waals surface area (Å²) in [6, 6.07) is -0.697. The van der Waals surface area contributed by atoms with E-state index in [9.17, 15) is 14.4 Å². The number of carbonyl (C=O) groups is 3. The number of hydrogen-bond acceptors (Lipinski definition) is 4. The van der Waals surface area contributed by atoms with Crippen LogP contribution >= 0.6 is 0 Å². The topological polar surface area (TPSA) is 86.7 Å². The number of likely N-dealkylation sites (tertiary alicyclic amines) is 1. The molecule has 6 nitrogen and oxygen atoms in total. The highest BCUT2D eigenvalue weighted by atomic mass is 16.4. The molecule has 17 heavy (non-hydrogen) atoms. The number of rotatable bonds is 6. The molecule has 6 heteroatoms. The second kappa shape index (κ2) is 4.44. The Morgan fingerprint density at radius 3 is 2.53 bits per heavy atom. The molecule has 0 bridgehead atoms. The first kappa shape index (κ1) is 12.0. The largest absolute Gasteiger partial charge is 0.480 e. The molecule has 3 unspecified atom stereocenters. The van der Waals surface area contributed by atoms with Crippen molar-refractivity contribution in [1.29, 1.82) is 0 Å². The maximum Gasteiger partial charge on any atom is 0.320 e. The molecule has 0 aromatic rings. The van der Waals surface area contributed by atoms with Gasteiger partial charge in [-0.3, -0.25) is 19.3 Å². The van der Waals surface area contributed by atoms with Gasteiger partial charge in [-0.1, -0.05) is 6.92 Å². The number of carboxylic acids is 1. The number of amides is 2. The third-order valence-corrected chi connectivity index (χ3v) is 3.35. The molecule has 1 aliphatic carbocycles. The first-order valence-electron chi connectivity index (χ1n) is 5.87. The van der Waals surface area contributed by atoms with Crippen molar-refractivity contribution in [3.8, 4) is 0 Å². The van der Waals surface area contributed by atoms with E-state index < -0.39 is 12.0 Å². The summed E-state index contributed by atoms with van der Waals surface area (Å²) in [6.07, 6.45) is 0.948. The highest BCUT2D eigenvalue weighted by Crippen LogP contribution is 2.46. The summed E-state index contributed by atoms with van der Waals surface area (Å²) in [7, 11) is 0. The fraction of sp³-hybridized carbons (Fsp3) is 0.727. The standard InChI is InChI=1S/C11H16N2O4/c1-2-12-8(11(16)17)3-4-13-9(14)6-5-7(6)10(13)15/h6-8,12H,2-5H2,1H3,(H,16,17). The number of nitrogens with zero attached hydrogens (tertiary/aromatic N) is 1. The van der Waals surface area contributed by atoms with Crippen LogP contribution in [0.25, 0.3) is 0 Å². The van der Waals surface area contributed by atoms with Crippen molar-refractivity contribution in [1.82, 2.24) is 10.2 Å². The summed E-state index contributed by atoms with van der Waals surface area (Å²) >= 11 is 0. The first-order valence-corrected chi connectivity index (χ1v) is 5.87. The first-order chi connectivity index (χ1) is 8.06. The lowest BCUT2D eigenvalue weighted by Crippen LogP contribution is -2.42. The van der Waals surface area contributed by atoms with Crippen LogP contribution in [0.15, 0.2) is 0 Å². The number of carboxylic acid groups (broad SMARTS) is 1. The van der Waals surface area contributed by atoms with Crippen molar-refractivity contribution in [3.05, 3.63) is 0 Å². The van der Waals surface area contributed by atoms with Crippen LogP contribution in [-0.2, 0) is 14.4 Å². The highest BCUT2D eigenvalue weighted by molar-refractivity contribution is 6.08. The molecule has 0 aromatic carbocycles. The van der Waals surface area contributed by atoms with Crippen LogP contribution < -0.4 is 5.32 Å². The zero-order chi connectivity index (χ0) is 12.6. The molecule has 94 valence electrons. The van der Waals surface area contributed by atoms with Crippen LogP contribution in [0, 0.1) is 11.8 Å². The summed E-state index contributed by atoms with van der Waals surface area (Å²) in [6.45, 7) is 2.57. The fourth-order valence-corrected chi connectivity index (χ4v) is 2.29. The third-order valence-electron chi connectivity index (χ3n) is 3.35. The summed E-state index contributed by atoms with van der Waals surface area (Å²) in [5.74, 6) is -1.41. The van der Waals surface area contributed by atoms with E-state index in [4.69, 9.17) is 5.11 Å². The molecule has 0 radical (unpaired) electrons. The van der Waals surface area contributed by atoms with Crippen molar-refractivity contribution in [2.45, 2.75) is 25.8 Å². The van der Waals surface area contributed by atoms with Gasteiger partial charge in [-0.05, 0) is 19.4 Å². The number of aliphatic carboxylic acids is 1. The van der Waals surface area contributed by atoms with Gasteiger partial charge in [0.2, 0.25) is 11.8 Å². The molecule has 2 N–H and O–H groups in total. The molecule has 1 saturated heterocycles.